The number of hydrogen-bond acceptors (Lipinski definition) is 4. The van der Waals surface area contributed by atoms with Gasteiger partial charge in [0.05, 0.1) is 0 Å². The summed E-state index contributed by atoms with van der Waals surface area (Å²) < 4.78 is 29.0. The molecule has 0 bridgehead atoms. The lowest BCUT2D eigenvalue weighted by Gasteiger charge is -2.31. The summed E-state index contributed by atoms with van der Waals surface area (Å²) in [7, 11) is -3.46. The third-order valence-electron chi connectivity index (χ3n) is 3.73. The summed E-state index contributed by atoms with van der Waals surface area (Å²) in [6.45, 7) is 4.94. The van der Waals surface area contributed by atoms with Crippen molar-refractivity contribution in [1.29, 1.82) is 0 Å². The van der Waals surface area contributed by atoms with E-state index in [0.717, 1.165) is 12.8 Å². The van der Waals surface area contributed by atoms with Crippen molar-refractivity contribution in [1.82, 2.24) is 9.03 Å². The molecule has 7 heteroatoms. The summed E-state index contributed by atoms with van der Waals surface area (Å²) in [6.07, 6.45) is 2.41. The third kappa shape index (κ3) is 4.75. The number of thiophene rings is 1. The molecule has 0 radical (unpaired) electrons. The Morgan fingerprint density at radius 3 is 2.90 bits per heavy atom. The standard InChI is InChI=1S/C14H24N2O3S2/c1-11(8-14-6-5-12(2)20-14)15-21(18,19)16-7-3-4-13(9-16)10-17/h5-6,11,13,15,17H,3-4,7-10H2,1-2H3. The highest BCUT2D eigenvalue weighted by molar-refractivity contribution is 7.87. The molecule has 0 saturated carbocycles. The maximum atomic E-state index is 12.4. The number of nitrogens with one attached hydrogen (secondary N) is 1. The summed E-state index contributed by atoms with van der Waals surface area (Å²) in [5.41, 5.74) is 0. The fourth-order valence-corrected chi connectivity index (χ4v) is 5.20. The number of nitrogens with zero attached hydrogens (tertiary/aromatic N) is 1. The molecule has 1 fully saturated rings. The second-order valence-corrected chi connectivity index (χ2v) is 8.86. The van der Waals surface area contributed by atoms with Crippen LogP contribution in [0, 0.1) is 12.8 Å². The molecule has 2 N–H and O–H groups in total. The van der Waals surface area contributed by atoms with Crippen LogP contribution in [0.4, 0.5) is 0 Å². The lowest BCUT2D eigenvalue weighted by atomic mass is 10.0. The first-order chi connectivity index (χ1) is 9.90. The van der Waals surface area contributed by atoms with E-state index >= 15 is 0 Å². The number of piperidine rings is 1. The smallest absolute Gasteiger partial charge is 0.279 e. The van der Waals surface area contributed by atoms with E-state index in [1.54, 1.807) is 11.3 Å². The van der Waals surface area contributed by atoms with Crippen molar-refractivity contribution >= 4 is 21.5 Å². The van der Waals surface area contributed by atoms with Gasteiger partial charge in [-0.05, 0) is 51.2 Å². The van der Waals surface area contributed by atoms with E-state index < -0.39 is 10.2 Å². The Balaban J connectivity index is 1.93. The molecule has 120 valence electrons. The van der Waals surface area contributed by atoms with E-state index in [9.17, 15) is 13.5 Å². The molecule has 1 aromatic heterocycles. The third-order valence-corrected chi connectivity index (χ3v) is 6.47. The van der Waals surface area contributed by atoms with Gasteiger partial charge in [0.2, 0.25) is 0 Å². The minimum absolute atomic E-state index is 0.0516. The largest absolute Gasteiger partial charge is 0.396 e. The summed E-state index contributed by atoms with van der Waals surface area (Å²) in [5.74, 6) is 0.0607. The summed E-state index contributed by atoms with van der Waals surface area (Å²) in [4.78, 5) is 2.43. The summed E-state index contributed by atoms with van der Waals surface area (Å²) >= 11 is 1.70. The molecule has 0 spiro atoms. The zero-order valence-electron chi connectivity index (χ0n) is 12.6. The normalized spacial score (nSPS) is 22.3. The second kappa shape index (κ2) is 7.19. The highest BCUT2D eigenvalue weighted by Crippen LogP contribution is 2.20. The Morgan fingerprint density at radius 2 is 2.29 bits per heavy atom. The number of aryl methyl sites for hydroxylation is 1. The van der Waals surface area contributed by atoms with Crippen molar-refractivity contribution in [3.63, 3.8) is 0 Å². The quantitative estimate of drug-likeness (QED) is 0.830. The van der Waals surface area contributed by atoms with Crippen molar-refractivity contribution in [3.05, 3.63) is 21.9 Å². The van der Waals surface area contributed by atoms with Crippen LogP contribution in [0.5, 0.6) is 0 Å². The molecule has 0 aliphatic carbocycles. The fourth-order valence-electron chi connectivity index (χ4n) is 2.66. The molecule has 2 unspecified atom stereocenters. The minimum atomic E-state index is -3.46. The van der Waals surface area contributed by atoms with Gasteiger partial charge in [0, 0.05) is 35.5 Å². The number of hydrogen-bond donors (Lipinski definition) is 2. The number of aliphatic hydroxyl groups excluding tert-OH is 1. The van der Waals surface area contributed by atoms with Gasteiger partial charge in [0.1, 0.15) is 0 Å². The lowest BCUT2D eigenvalue weighted by Crippen LogP contribution is -2.49. The van der Waals surface area contributed by atoms with Gasteiger partial charge in [-0.2, -0.15) is 17.4 Å². The molecule has 0 aromatic carbocycles. The van der Waals surface area contributed by atoms with Crippen molar-refractivity contribution in [2.75, 3.05) is 19.7 Å². The average Bonchev–Trinajstić information content (AvgIpc) is 2.83. The maximum absolute atomic E-state index is 12.4. The van der Waals surface area contributed by atoms with E-state index in [2.05, 4.69) is 10.8 Å². The molecule has 1 aromatic rings. The first-order valence-corrected chi connectivity index (χ1v) is 9.60. The molecule has 21 heavy (non-hydrogen) atoms. The Morgan fingerprint density at radius 1 is 1.52 bits per heavy atom. The van der Waals surface area contributed by atoms with Crippen LogP contribution >= 0.6 is 11.3 Å². The van der Waals surface area contributed by atoms with Crippen LogP contribution < -0.4 is 4.72 Å². The molecule has 1 saturated heterocycles. The topological polar surface area (TPSA) is 69.6 Å². The fraction of sp³-hybridized carbons (Fsp3) is 0.714. The zero-order valence-corrected chi connectivity index (χ0v) is 14.2. The molecule has 1 aliphatic heterocycles. The highest BCUT2D eigenvalue weighted by Gasteiger charge is 2.29. The van der Waals surface area contributed by atoms with Crippen molar-refractivity contribution in [2.45, 2.75) is 39.2 Å². The van der Waals surface area contributed by atoms with Gasteiger partial charge >= 0.3 is 0 Å². The monoisotopic (exact) mass is 332 g/mol. The van der Waals surface area contributed by atoms with Crippen LogP contribution in [0.15, 0.2) is 12.1 Å². The van der Waals surface area contributed by atoms with Crippen LogP contribution in [-0.2, 0) is 16.6 Å². The van der Waals surface area contributed by atoms with E-state index in [0.29, 0.717) is 19.5 Å². The Bertz CT molecular complexity index is 556. The van der Waals surface area contributed by atoms with Gasteiger partial charge in [0.15, 0.2) is 0 Å². The van der Waals surface area contributed by atoms with Crippen LogP contribution in [0.3, 0.4) is 0 Å². The molecule has 5 nitrogen and oxygen atoms in total. The molecule has 2 heterocycles. The number of aliphatic hydroxyl groups is 1. The van der Waals surface area contributed by atoms with E-state index in [1.807, 2.05) is 19.9 Å². The lowest BCUT2D eigenvalue weighted by molar-refractivity contribution is 0.164. The van der Waals surface area contributed by atoms with E-state index in [-0.39, 0.29) is 18.6 Å². The summed E-state index contributed by atoms with van der Waals surface area (Å²) in [6, 6.07) is 3.97. The molecule has 2 atom stereocenters. The van der Waals surface area contributed by atoms with Crippen molar-refractivity contribution in [2.24, 2.45) is 5.92 Å². The molecular weight excluding hydrogens is 308 g/mol. The van der Waals surface area contributed by atoms with Gasteiger partial charge in [-0.15, -0.1) is 11.3 Å². The first kappa shape index (κ1) is 16.9. The second-order valence-electron chi connectivity index (χ2n) is 5.79. The van der Waals surface area contributed by atoms with Crippen LogP contribution in [0.1, 0.15) is 29.5 Å². The molecule has 0 amide bonds. The molecule has 2 rings (SSSR count). The Kier molecular flexibility index (Phi) is 5.79. The average molecular weight is 332 g/mol. The predicted molar refractivity (Wildman–Crippen MR) is 85.7 cm³/mol. The maximum Gasteiger partial charge on any atom is 0.279 e. The first-order valence-electron chi connectivity index (χ1n) is 7.34. The zero-order chi connectivity index (χ0) is 15.5. The Labute approximate surface area is 131 Å². The van der Waals surface area contributed by atoms with Gasteiger partial charge in [-0.1, -0.05) is 0 Å². The van der Waals surface area contributed by atoms with Crippen molar-refractivity contribution in [3.8, 4) is 0 Å². The van der Waals surface area contributed by atoms with E-state index in [4.69, 9.17) is 0 Å². The summed E-state index contributed by atoms with van der Waals surface area (Å²) in [5, 5.41) is 9.21. The predicted octanol–water partition coefficient (Wildman–Crippen LogP) is 1.53. The Hall–Kier alpha value is -0.470. The van der Waals surface area contributed by atoms with Gasteiger partial charge < -0.3 is 5.11 Å². The number of rotatable bonds is 6. The highest BCUT2D eigenvalue weighted by atomic mass is 32.2. The van der Waals surface area contributed by atoms with Gasteiger partial charge in [0.25, 0.3) is 10.2 Å². The van der Waals surface area contributed by atoms with Crippen LogP contribution in [-0.4, -0.2) is 43.6 Å². The van der Waals surface area contributed by atoms with Crippen LogP contribution in [0.2, 0.25) is 0 Å². The SMILES string of the molecule is Cc1ccc(CC(C)NS(=O)(=O)N2CCCC(CO)C2)s1. The van der Waals surface area contributed by atoms with Gasteiger partial charge in [-0.25, -0.2) is 0 Å². The van der Waals surface area contributed by atoms with E-state index in [1.165, 1.54) is 14.1 Å². The van der Waals surface area contributed by atoms with Crippen LogP contribution in [0.25, 0.3) is 0 Å². The molecule has 1 aliphatic rings. The molecular formula is C14H24N2O3S2. The van der Waals surface area contributed by atoms with Gasteiger partial charge in [-0.3, -0.25) is 0 Å². The van der Waals surface area contributed by atoms with Crippen molar-refractivity contribution < 1.29 is 13.5 Å². The minimum Gasteiger partial charge on any atom is -0.396 e.